The Morgan fingerprint density at radius 2 is 1.46 bits per heavy atom. The van der Waals surface area contributed by atoms with Crippen molar-refractivity contribution in [1.29, 1.82) is 0 Å². The molecule has 0 radical (unpaired) electrons. The highest BCUT2D eigenvalue weighted by molar-refractivity contribution is 5.88. The van der Waals surface area contributed by atoms with Crippen LogP contribution in [0.5, 0.6) is 0 Å². The van der Waals surface area contributed by atoms with Gasteiger partial charge in [0.1, 0.15) is 12.2 Å². The third-order valence-electron chi connectivity index (χ3n) is 5.51. The van der Waals surface area contributed by atoms with Crippen molar-refractivity contribution in [3.63, 3.8) is 0 Å². The minimum Gasteiger partial charge on any atom is -0.457 e. The van der Waals surface area contributed by atoms with E-state index in [2.05, 4.69) is 29.6 Å². The first kappa shape index (κ1) is 26.5. The Kier molecular flexibility index (Phi) is 8.06. The highest BCUT2D eigenvalue weighted by atomic mass is 16.6. The number of fused-ring (bicyclic) bond motifs is 3. The molecule has 0 unspecified atom stereocenters. The fourth-order valence-electron chi connectivity index (χ4n) is 3.99. The van der Waals surface area contributed by atoms with Crippen LogP contribution in [-0.4, -0.2) is 42.5 Å². The van der Waals surface area contributed by atoms with E-state index in [0.29, 0.717) is 5.57 Å². The second-order valence-electron chi connectivity index (χ2n) is 10.9. The number of carbonyl (C=O) groups excluding carboxylic acids is 2. The molecule has 0 spiro atoms. The number of nitrogens with one attached hydrogen (secondary N) is 1. The lowest BCUT2D eigenvalue weighted by Gasteiger charge is -2.24. The number of esters is 1. The summed E-state index contributed by atoms with van der Waals surface area (Å²) in [7, 11) is 0. The van der Waals surface area contributed by atoms with Crippen LogP contribution in [-0.2, 0) is 19.0 Å². The smallest absolute Gasteiger partial charge is 0.407 e. The van der Waals surface area contributed by atoms with Crippen LogP contribution in [0.25, 0.3) is 11.1 Å². The third kappa shape index (κ3) is 7.43. The molecular weight excluding hydrogens is 442 g/mol. The van der Waals surface area contributed by atoms with Gasteiger partial charge in [-0.25, -0.2) is 9.59 Å². The highest BCUT2D eigenvalue weighted by Crippen LogP contribution is 2.44. The van der Waals surface area contributed by atoms with Crippen LogP contribution in [0.4, 0.5) is 4.79 Å². The zero-order valence-electron chi connectivity index (χ0n) is 21.8. The molecule has 3 rings (SSSR count). The Labute approximate surface area is 208 Å². The third-order valence-corrected chi connectivity index (χ3v) is 5.51. The summed E-state index contributed by atoms with van der Waals surface area (Å²) < 4.78 is 17.0. The van der Waals surface area contributed by atoms with Crippen LogP contribution in [0.1, 0.15) is 65.5 Å². The van der Waals surface area contributed by atoms with Crippen LogP contribution < -0.4 is 5.32 Å². The van der Waals surface area contributed by atoms with Gasteiger partial charge >= 0.3 is 12.1 Å². The molecule has 1 N–H and O–H groups in total. The molecule has 0 bridgehead atoms. The highest BCUT2D eigenvalue weighted by Gasteiger charge is 2.29. The zero-order chi connectivity index (χ0) is 25.8. The van der Waals surface area contributed by atoms with Gasteiger partial charge in [0.25, 0.3) is 0 Å². The van der Waals surface area contributed by atoms with Crippen molar-refractivity contribution in [2.24, 2.45) is 0 Å². The van der Waals surface area contributed by atoms with Crippen LogP contribution in [0.2, 0.25) is 0 Å². The van der Waals surface area contributed by atoms with Crippen molar-refractivity contribution in [3.8, 4) is 11.1 Å². The van der Waals surface area contributed by atoms with Gasteiger partial charge < -0.3 is 19.5 Å². The Morgan fingerprint density at radius 3 is 1.97 bits per heavy atom. The maximum absolute atomic E-state index is 12.8. The van der Waals surface area contributed by atoms with Gasteiger partial charge in [-0.05, 0) is 76.8 Å². The molecular formula is C29H37NO5. The van der Waals surface area contributed by atoms with E-state index in [-0.39, 0.29) is 19.1 Å². The molecule has 1 aliphatic carbocycles. The SMILES string of the molecule is C/C(=C\[C@@H](COC(C)(C)C)NC(=O)OCC1c2ccccc2-c2ccccc21)C(=O)OC(C)(C)C. The first-order valence-corrected chi connectivity index (χ1v) is 12.0. The lowest BCUT2D eigenvalue weighted by molar-refractivity contribution is -0.149. The van der Waals surface area contributed by atoms with Crippen LogP contribution in [0, 0.1) is 0 Å². The van der Waals surface area contributed by atoms with E-state index < -0.39 is 29.3 Å². The molecule has 0 heterocycles. The molecule has 6 heteroatoms. The summed E-state index contributed by atoms with van der Waals surface area (Å²) >= 11 is 0. The summed E-state index contributed by atoms with van der Waals surface area (Å²) in [6, 6.07) is 15.8. The molecule has 1 amide bonds. The Balaban J connectivity index is 1.70. The van der Waals surface area contributed by atoms with Crippen LogP contribution >= 0.6 is 0 Å². The van der Waals surface area contributed by atoms with Crippen molar-refractivity contribution in [3.05, 3.63) is 71.3 Å². The normalized spacial score (nSPS) is 14.7. The fraction of sp³-hybridized carbons (Fsp3) is 0.448. The molecule has 1 atom stereocenters. The molecule has 188 valence electrons. The monoisotopic (exact) mass is 479 g/mol. The van der Waals surface area contributed by atoms with E-state index in [0.717, 1.165) is 11.1 Å². The van der Waals surface area contributed by atoms with Crippen LogP contribution in [0.3, 0.4) is 0 Å². The van der Waals surface area contributed by atoms with Gasteiger partial charge in [-0.3, -0.25) is 0 Å². The number of hydrogen-bond donors (Lipinski definition) is 1. The first-order chi connectivity index (χ1) is 16.3. The van der Waals surface area contributed by atoms with Crippen molar-refractivity contribution >= 4 is 12.1 Å². The molecule has 35 heavy (non-hydrogen) atoms. The number of ether oxygens (including phenoxy) is 3. The number of amides is 1. The summed E-state index contributed by atoms with van der Waals surface area (Å²) in [6.45, 7) is 13.3. The van der Waals surface area contributed by atoms with Gasteiger partial charge in [0.05, 0.1) is 18.2 Å². The van der Waals surface area contributed by atoms with Gasteiger partial charge in [0, 0.05) is 11.5 Å². The minimum atomic E-state index is -0.607. The molecule has 0 fully saturated rings. The van der Waals surface area contributed by atoms with Gasteiger partial charge in [-0.1, -0.05) is 48.5 Å². The van der Waals surface area contributed by atoms with E-state index in [1.165, 1.54) is 11.1 Å². The van der Waals surface area contributed by atoms with E-state index in [9.17, 15) is 9.59 Å². The quantitative estimate of drug-likeness (QED) is 0.390. The van der Waals surface area contributed by atoms with Gasteiger partial charge in [0.15, 0.2) is 0 Å². The Bertz CT molecular complexity index is 1050. The minimum absolute atomic E-state index is 0.0310. The molecule has 0 saturated carbocycles. The zero-order valence-corrected chi connectivity index (χ0v) is 21.8. The standard InChI is InChI=1S/C29H37NO5/c1-19(26(31)35-29(5,6)7)16-20(17-34-28(2,3)4)30-27(32)33-18-25-23-14-10-8-12-21(23)22-13-9-11-15-24(22)25/h8-16,20,25H,17-18H2,1-7H3,(H,30,32)/b19-16+/t20-/m0/s1. The summed E-state index contributed by atoms with van der Waals surface area (Å²) in [6.07, 6.45) is 1.09. The van der Waals surface area contributed by atoms with E-state index >= 15 is 0 Å². The fourth-order valence-corrected chi connectivity index (χ4v) is 3.99. The average molecular weight is 480 g/mol. The number of rotatable bonds is 7. The molecule has 6 nitrogen and oxygen atoms in total. The molecule has 0 aromatic heterocycles. The maximum atomic E-state index is 12.8. The molecule has 2 aromatic rings. The summed E-state index contributed by atoms with van der Waals surface area (Å²) in [4.78, 5) is 25.2. The van der Waals surface area contributed by atoms with Gasteiger partial charge in [-0.2, -0.15) is 0 Å². The molecule has 0 aliphatic heterocycles. The molecule has 2 aromatic carbocycles. The topological polar surface area (TPSA) is 73.9 Å². The Hall–Kier alpha value is -3.12. The number of benzene rings is 2. The Morgan fingerprint density at radius 1 is 0.914 bits per heavy atom. The first-order valence-electron chi connectivity index (χ1n) is 12.0. The van der Waals surface area contributed by atoms with Crippen molar-refractivity contribution in [2.45, 2.75) is 71.6 Å². The average Bonchev–Trinajstić information content (AvgIpc) is 3.08. The van der Waals surface area contributed by atoms with Crippen molar-refractivity contribution < 1.29 is 23.8 Å². The molecule has 1 aliphatic rings. The predicted octanol–water partition coefficient (Wildman–Crippen LogP) is 6.00. The van der Waals surface area contributed by atoms with Crippen molar-refractivity contribution in [1.82, 2.24) is 5.32 Å². The second kappa shape index (κ2) is 10.6. The van der Waals surface area contributed by atoms with E-state index in [1.54, 1.807) is 13.0 Å². The van der Waals surface area contributed by atoms with Gasteiger partial charge in [-0.15, -0.1) is 0 Å². The number of alkyl carbamates (subject to hydrolysis) is 1. The lowest BCUT2D eigenvalue weighted by Crippen LogP contribution is -2.40. The summed E-state index contributed by atoms with van der Waals surface area (Å²) in [5.74, 6) is -0.468. The maximum Gasteiger partial charge on any atom is 0.407 e. The number of carbonyl (C=O) groups is 2. The van der Waals surface area contributed by atoms with Crippen LogP contribution in [0.15, 0.2) is 60.2 Å². The van der Waals surface area contributed by atoms with Gasteiger partial charge in [0.2, 0.25) is 0 Å². The predicted molar refractivity (Wildman–Crippen MR) is 137 cm³/mol. The van der Waals surface area contributed by atoms with E-state index in [4.69, 9.17) is 14.2 Å². The molecule has 0 saturated heterocycles. The largest absolute Gasteiger partial charge is 0.457 e. The van der Waals surface area contributed by atoms with E-state index in [1.807, 2.05) is 65.8 Å². The second-order valence-corrected chi connectivity index (χ2v) is 10.9. The van der Waals surface area contributed by atoms with Crippen molar-refractivity contribution in [2.75, 3.05) is 13.2 Å². The summed E-state index contributed by atoms with van der Waals surface area (Å²) in [5, 5.41) is 2.84. The summed E-state index contributed by atoms with van der Waals surface area (Å²) in [5.41, 5.74) is 4.01. The number of hydrogen-bond acceptors (Lipinski definition) is 5. The lowest BCUT2D eigenvalue weighted by atomic mass is 9.98.